The number of rotatable bonds is 4. The van der Waals surface area contributed by atoms with E-state index in [0.717, 1.165) is 41.5 Å². The lowest BCUT2D eigenvalue weighted by Gasteiger charge is -2.38. The molecule has 0 amide bonds. The monoisotopic (exact) mass is 391 g/mol. The van der Waals surface area contributed by atoms with Gasteiger partial charge in [0.2, 0.25) is 0 Å². The summed E-state index contributed by atoms with van der Waals surface area (Å²) in [5.74, 6) is 2.67. The molecule has 0 saturated heterocycles. The van der Waals surface area contributed by atoms with Gasteiger partial charge in [-0.1, -0.05) is 30.3 Å². The second-order valence-electron chi connectivity index (χ2n) is 8.07. The maximum Gasteiger partial charge on any atom is 0.192 e. The molecular weight excluding hydrogens is 362 g/mol. The molecule has 1 aliphatic heterocycles. The first-order chi connectivity index (χ1) is 14.0. The zero-order valence-electron chi connectivity index (χ0n) is 17.6. The van der Waals surface area contributed by atoms with E-state index in [-0.39, 0.29) is 11.6 Å². The number of fused-ring (bicyclic) bond motifs is 2. The molecule has 29 heavy (non-hydrogen) atoms. The number of benzene rings is 2. The molecule has 0 aliphatic carbocycles. The number of hydrogen-bond acceptors (Lipinski definition) is 3. The number of hydrogen-bond donors (Lipinski definition) is 2. The molecule has 0 saturated carbocycles. The van der Waals surface area contributed by atoms with E-state index in [9.17, 15) is 0 Å². The third-order valence-electron chi connectivity index (χ3n) is 5.29. The molecule has 4 rings (SSSR count). The second-order valence-corrected chi connectivity index (χ2v) is 8.07. The number of aromatic nitrogens is 2. The number of aryl methyl sites for hydroxylation is 1. The maximum atomic E-state index is 6.16. The zero-order chi connectivity index (χ0) is 20.4. The summed E-state index contributed by atoms with van der Waals surface area (Å²) in [4.78, 5) is 9.56. The van der Waals surface area contributed by atoms with Gasteiger partial charge < -0.3 is 19.9 Å². The molecular formula is C23H29N5O. The van der Waals surface area contributed by atoms with Crippen LogP contribution < -0.4 is 15.4 Å². The van der Waals surface area contributed by atoms with Crippen molar-refractivity contribution in [3.05, 3.63) is 59.9 Å². The van der Waals surface area contributed by atoms with Crippen LogP contribution in [0.15, 0.2) is 53.5 Å². The van der Waals surface area contributed by atoms with Crippen LogP contribution in [-0.4, -0.2) is 27.7 Å². The summed E-state index contributed by atoms with van der Waals surface area (Å²) in [6, 6.07) is 16.5. The van der Waals surface area contributed by atoms with Gasteiger partial charge in [-0.2, -0.15) is 0 Å². The van der Waals surface area contributed by atoms with Crippen molar-refractivity contribution in [1.29, 1.82) is 0 Å². The van der Waals surface area contributed by atoms with Crippen LogP contribution in [0.1, 0.15) is 44.6 Å². The van der Waals surface area contributed by atoms with Crippen LogP contribution in [-0.2, 0) is 13.6 Å². The Morgan fingerprint density at radius 2 is 1.97 bits per heavy atom. The van der Waals surface area contributed by atoms with Crippen LogP contribution >= 0.6 is 0 Å². The van der Waals surface area contributed by atoms with Crippen molar-refractivity contribution >= 4 is 17.0 Å². The molecule has 2 aromatic carbocycles. The van der Waals surface area contributed by atoms with E-state index >= 15 is 0 Å². The number of aliphatic imine (C=N–C) groups is 1. The Bertz CT molecular complexity index is 1040. The molecule has 1 aliphatic rings. The lowest BCUT2D eigenvalue weighted by molar-refractivity contribution is 0.0694. The molecule has 0 fully saturated rings. The highest BCUT2D eigenvalue weighted by molar-refractivity contribution is 5.80. The molecule has 6 heteroatoms. The first kappa shape index (κ1) is 19.3. The lowest BCUT2D eigenvalue weighted by Crippen LogP contribution is -2.45. The first-order valence-electron chi connectivity index (χ1n) is 10.2. The molecule has 0 spiro atoms. The van der Waals surface area contributed by atoms with Gasteiger partial charge in [0.1, 0.15) is 23.7 Å². The van der Waals surface area contributed by atoms with Crippen molar-refractivity contribution in [2.24, 2.45) is 12.0 Å². The number of nitrogens with one attached hydrogen (secondary N) is 2. The zero-order valence-corrected chi connectivity index (χ0v) is 17.6. The van der Waals surface area contributed by atoms with Gasteiger partial charge >= 0.3 is 0 Å². The number of guanidine groups is 1. The summed E-state index contributed by atoms with van der Waals surface area (Å²) in [5.41, 5.74) is 3.05. The summed E-state index contributed by atoms with van der Waals surface area (Å²) in [6.07, 6.45) is 0.862. The molecule has 152 valence electrons. The van der Waals surface area contributed by atoms with Crippen LogP contribution in [0.4, 0.5) is 0 Å². The highest BCUT2D eigenvalue weighted by Gasteiger charge is 2.33. The van der Waals surface area contributed by atoms with E-state index in [1.54, 1.807) is 0 Å². The van der Waals surface area contributed by atoms with Crippen LogP contribution in [0.3, 0.4) is 0 Å². The fraction of sp³-hybridized carbons (Fsp3) is 0.391. The van der Waals surface area contributed by atoms with Crippen molar-refractivity contribution in [3.63, 3.8) is 0 Å². The standard InChI is InChI=1S/C23H29N5O/c1-5-24-22(25-15-21-26-17-11-7-8-12-19(17)28(21)4)27-18-14-23(2,3)29-20-13-9-6-10-16(18)20/h6-13,18H,5,14-15H2,1-4H3,(H2,24,25,27). The maximum absolute atomic E-state index is 6.16. The Balaban J connectivity index is 1.58. The van der Waals surface area contributed by atoms with Gasteiger partial charge in [0, 0.05) is 25.6 Å². The summed E-state index contributed by atoms with van der Waals surface area (Å²) < 4.78 is 8.26. The summed E-state index contributed by atoms with van der Waals surface area (Å²) >= 11 is 0. The molecule has 2 heterocycles. The van der Waals surface area contributed by atoms with Gasteiger partial charge in [-0.05, 0) is 39.0 Å². The normalized spacial score (nSPS) is 18.2. The SMILES string of the molecule is CCNC(=NCc1nc2ccccc2n1C)NC1CC(C)(C)Oc2ccccc21. The number of para-hydroxylation sites is 3. The molecule has 0 radical (unpaired) electrons. The summed E-state index contributed by atoms with van der Waals surface area (Å²) in [5, 5.41) is 6.99. The topological polar surface area (TPSA) is 63.5 Å². The Hall–Kier alpha value is -3.02. The smallest absolute Gasteiger partial charge is 0.192 e. The van der Waals surface area contributed by atoms with E-state index in [0.29, 0.717) is 6.54 Å². The highest BCUT2D eigenvalue weighted by atomic mass is 16.5. The van der Waals surface area contributed by atoms with Crippen molar-refractivity contribution < 1.29 is 4.74 Å². The van der Waals surface area contributed by atoms with Gasteiger partial charge in [0.25, 0.3) is 0 Å². The molecule has 3 aromatic rings. The average Bonchev–Trinajstić information content (AvgIpc) is 3.01. The van der Waals surface area contributed by atoms with E-state index in [4.69, 9.17) is 14.7 Å². The molecule has 1 unspecified atom stereocenters. The molecule has 6 nitrogen and oxygen atoms in total. The van der Waals surface area contributed by atoms with Crippen molar-refractivity contribution in [1.82, 2.24) is 20.2 Å². The average molecular weight is 392 g/mol. The molecule has 1 aromatic heterocycles. The van der Waals surface area contributed by atoms with Crippen LogP contribution in [0, 0.1) is 0 Å². The van der Waals surface area contributed by atoms with Gasteiger partial charge in [-0.3, -0.25) is 0 Å². The van der Waals surface area contributed by atoms with Crippen molar-refractivity contribution in [2.75, 3.05) is 6.54 Å². The Kier molecular flexibility index (Phi) is 5.18. The minimum atomic E-state index is -0.235. The Morgan fingerprint density at radius 3 is 2.76 bits per heavy atom. The third kappa shape index (κ3) is 4.06. The molecule has 0 bridgehead atoms. The Labute approximate surface area is 172 Å². The predicted octanol–water partition coefficient (Wildman–Crippen LogP) is 3.93. The number of imidazole rings is 1. The highest BCUT2D eigenvalue weighted by Crippen LogP contribution is 2.39. The largest absolute Gasteiger partial charge is 0.487 e. The van der Waals surface area contributed by atoms with Gasteiger partial charge in [0.05, 0.1) is 17.1 Å². The number of ether oxygens (including phenoxy) is 1. The minimum absolute atomic E-state index is 0.133. The van der Waals surface area contributed by atoms with Gasteiger partial charge in [0.15, 0.2) is 5.96 Å². The third-order valence-corrected chi connectivity index (χ3v) is 5.29. The second kappa shape index (κ2) is 7.78. The summed E-state index contributed by atoms with van der Waals surface area (Å²) in [6.45, 7) is 7.63. The van der Waals surface area contributed by atoms with E-state index < -0.39 is 0 Å². The van der Waals surface area contributed by atoms with Crippen molar-refractivity contribution in [2.45, 2.75) is 45.4 Å². The molecule has 2 N–H and O–H groups in total. The van der Waals surface area contributed by atoms with E-state index in [2.05, 4.69) is 54.2 Å². The fourth-order valence-corrected chi connectivity index (χ4v) is 3.90. The summed E-state index contributed by atoms with van der Waals surface area (Å²) in [7, 11) is 2.04. The van der Waals surface area contributed by atoms with Crippen LogP contribution in [0.2, 0.25) is 0 Å². The lowest BCUT2D eigenvalue weighted by atomic mass is 9.90. The van der Waals surface area contributed by atoms with Crippen molar-refractivity contribution in [3.8, 4) is 5.75 Å². The van der Waals surface area contributed by atoms with Gasteiger partial charge in [-0.25, -0.2) is 9.98 Å². The minimum Gasteiger partial charge on any atom is -0.487 e. The number of nitrogens with zero attached hydrogens (tertiary/aromatic N) is 3. The molecule has 1 atom stereocenters. The first-order valence-corrected chi connectivity index (χ1v) is 10.2. The fourth-order valence-electron chi connectivity index (χ4n) is 3.90. The van der Waals surface area contributed by atoms with E-state index in [1.165, 1.54) is 5.56 Å². The Morgan fingerprint density at radius 1 is 1.21 bits per heavy atom. The predicted molar refractivity (Wildman–Crippen MR) is 117 cm³/mol. The van der Waals surface area contributed by atoms with Crippen LogP contribution in [0.5, 0.6) is 5.75 Å². The quantitative estimate of drug-likeness (QED) is 0.522. The van der Waals surface area contributed by atoms with Crippen LogP contribution in [0.25, 0.3) is 11.0 Å². The van der Waals surface area contributed by atoms with Gasteiger partial charge in [-0.15, -0.1) is 0 Å². The van der Waals surface area contributed by atoms with E-state index in [1.807, 2.05) is 37.4 Å².